The maximum atomic E-state index is 13.1. The number of amides is 2. The summed E-state index contributed by atoms with van der Waals surface area (Å²) in [6, 6.07) is 7.24. The van der Waals surface area contributed by atoms with Gasteiger partial charge in [0.15, 0.2) is 5.72 Å². The molecule has 128 valence electrons. The number of nitrogens with one attached hydrogen (secondary N) is 1. The van der Waals surface area contributed by atoms with Gasteiger partial charge in [0, 0.05) is 43.0 Å². The van der Waals surface area contributed by atoms with Crippen molar-refractivity contribution < 1.29 is 14.3 Å². The van der Waals surface area contributed by atoms with Gasteiger partial charge in [-0.2, -0.15) is 0 Å². The van der Waals surface area contributed by atoms with Crippen LogP contribution in [0.2, 0.25) is 0 Å². The Morgan fingerprint density at radius 1 is 1.36 bits per heavy atom. The number of aromatic amines is 1. The van der Waals surface area contributed by atoms with Crippen molar-refractivity contribution in [1.29, 1.82) is 0 Å². The van der Waals surface area contributed by atoms with Gasteiger partial charge in [-0.15, -0.1) is 0 Å². The van der Waals surface area contributed by atoms with E-state index in [1.807, 2.05) is 34.1 Å². The van der Waals surface area contributed by atoms with Crippen LogP contribution in [-0.2, 0) is 9.53 Å². The zero-order valence-electron chi connectivity index (χ0n) is 13.6. The molecule has 0 unspecified atom stereocenters. The molecule has 4 heterocycles. The zero-order chi connectivity index (χ0) is 17.0. The van der Waals surface area contributed by atoms with E-state index in [4.69, 9.17) is 4.74 Å². The van der Waals surface area contributed by atoms with Crippen LogP contribution in [0.15, 0.2) is 36.7 Å². The second-order valence-corrected chi connectivity index (χ2v) is 6.73. The molecule has 1 aromatic heterocycles. The SMILES string of the molecule is O=C(c1cccc(-c2ncc[nH]2)c1)N1CC[C@@]23OCCN2C(=O)C[C@@H]13. The van der Waals surface area contributed by atoms with Crippen molar-refractivity contribution in [2.75, 3.05) is 19.7 Å². The summed E-state index contributed by atoms with van der Waals surface area (Å²) in [4.78, 5) is 36.3. The second-order valence-electron chi connectivity index (χ2n) is 6.73. The molecule has 2 atom stereocenters. The number of nitrogens with zero attached hydrogens (tertiary/aromatic N) is 3. The summed E-state index contributed by atoms with van der Waals surface area (Å²) in [6.45, 7) is 1.79. The third-order valence-corrected chi connectivity index (χ3v) is 5.54. The molecule has 0 saturated carbocycles. The number of benzene rings is 1. The summed E-state index contributed by atoms with van der Waals surface area (Å²) in [5, 5.41) is 0. The van der Waals surface area contributed by atoms with Crippen molar-refractivity contribution >= 4 is 11.8 Å². The van der Waals surface area contributed by atoms with Crippen molar-refractivity contribution in [2.45, 2.75) is 24.6 Å². The lowest BCUT2D eigenvalue weighted by Gasteiger charge is -2.31. The van der Waals surface area contributed by atoms with Crippen molar-refractivity contribution in [3.8, 4) is 11.4 Å². The van der Waals surface area contributed by atoms with Crippen molar-refractivity contribution in [3.63, 3.8) is 0 Å². The maximum Gasteiger partial charge on any atom is 0.254 e. The molecular weight excluding hydrogens is 320 g/mol. The predicted octanol–water partition coefficient (Wildman–Crippen LogP) is 1.25. The highest BCUT2D eigenvalue weighted by Crippen LogP contribution is 2.45. The van der Waals surface area contributed by atoms with E-state index in [-0.39, 0.29) is 17.9 Å². The number of rotatable bonds is 2. The summed E-state index contributed by atoms with van der Waals surface area (Å²) < 4.78 is 5.95. The maximum absolute atomic E-state index is 13.1. The highest BCUT2D eigenvalue weighted by Gasteiger charge is 2.62. The van der Waals surface area contributed by atoms with E-state index in [0.29, 0.717) is 38.1 Å². The van der Waals surface area contributed by atoms with Gasteiger partial charge in [0.05, 0.1) is 19.1 Å². The van der Waals surface area contributed by atoms with Crippen LogP contribution in [0.1, 0.15) is 23.2 Å². The fourth-order valence-corrected chi connectivity index (χ4v) is 4.42. The highest BCUT2D eigenvalue weighted by molar-refractivity contribution is 5.96. The quantitative estimate of drug-likeness (QED) is 0.894. The summed E-state index contributed by atoms with van der Waals surface area (Å²) in [6.07, 6.45) is 4.48. The Bertz CT molecular complexity index is 850. The number of imidazole rings is 1. The average molecular weight is 338 g/mol. The molecule has 3 fully saturated rings. The van der Waals surface area contributed by atoms with Gasteiger partial charge in [0.1, 0.15) is 5.82 Å². The molecule has 1 spiro atoms. The molecule has 3 aliphatic rings. The fraction of sp³-hybridized carbons (Fsp3) is 0.389. The number of likely N-dealkylation sites (tertiary alicyclic amines) is 1. The van der Waals surface area contributed by atoms with Crippen LogP contribution in [0.4, 0.5) is 0 Å². The van der Waals surface area contributed by atoms with E-state index in [1.165, 1.54) is 0 Å². The van der Waals surface area contributed by atoms with Gasteiger partial charge in [-0.1, -0.05) is 12.1 Å². The van der Waals surface area contributed by atoms with E-state index >= 15 is 0 Å². The third kappa shape index (κ3) is 1.99. The molecule has 3 aliphatic heterocycles. The smallest absolute Gasteiger partial charge is 0.254 e. The minimum Gasteiger partial charge on any atom is -0.351 e. The predicted molar refractivity (Wildman–Crippen MR) is 88.5 cm³/mol. The van der Waals surface area contributed by atoms with Gasteiger partial charge < -0.3 is 19.5 Å². The monoisotopic (exact) mass is 338 g/mol. The Labute approximate surface area is 144 Å². The Morgan fingerprint density at radius 2 is 2.28 bits per heavy atom. The Kier molecular flexibility index (Phi) is 3.03. The lowest BCUT2D eigenvalue weighted by Crippen LogP contribution is -2.48. The van der Waals surface area contributed by atoms with Crippen LogP contribution in [0, 0.1) is 0 Å². The first kappa shape index (κ1) is 14.7. The summed E-state index contributed by atoms with van der Waals surface area (Å²) in [5.41, 5.74) is 0.881. The van der Waals surface area contributed by atoms with Crippen LogP contribution in [-0.4, -0.2) is 63.0 Å². The molecule has 0 bridgehead atoms. The normalized spacial score (nSPS) is 27.7. The standard InChI is InChI=1S/C18H18N4O3/c23-15-11-14-18(22(15)8-9-25-18)4-7-21(14)17(24)13-3-1-2-12(10-13)16-19-5-6-20-16/h1-3,5-6,10,14H,4,7-9,11H2,(H,19,20)/t14-,18+/m1/s1. The largest absolute Gasteiger partial charge is 0.351 e. The summed E-state index contributed by atoms with van der Waals surface area (Å²) in [5.74, 6) is 0.763. The number of H-pyrrole nitrogens is 1. The molecule has 5 rings (SSSR count). The number of aromatic nitrogens is 2. The molecule has 7 heteroatoms. The number of carbonyl (C=O) groups excluding carboxylic acids is 2. The van der Waals surface area contributed by atoms with Crippen LogP contribution in [0.3, 0.4) is 0 Å². The Balaban J connectivity index is 1.46. The van der Waals surface area contributed by atoms with Gasteiger partial charge in [0.2, 0.25) is 5.91 Å². The molecule has 2 aromatic rings. The van der Waals surface area contributed by atoms with E-state index < -0.39 is 5.72 Å². The minimum atomic E-state index is -0.592. The Hall–Kier alpha value is -2.67. The zero-order valence-corrected chi connectivity index (χ0v) is 13.6. The molecule has 7 nitrogen and oxygen atoms in total. The first-order valence-corrected chi connectivity index (χ1v) is 8.54. The number of carbonyl (C=O) groups is 2. The van der Waals surface area contributed by atoms with Crippen LogP contribution in [0.5, 0.6) is 0 Å². The summed E-state index contributed by atoms with van der Waals surface area (Å²) >= 11 is 0. The first-order chi connectivity index (χ1) is 12.2. The Morgan fingerprint density at radius 3 is 3.12 bits per heavy atom. The van der Waals surface area contributed by atoms with Gasteiger partial charge in [-0.05, 0) is 12.1 Å². The molecule has 1 aromatic carbocycles. The van der Waals surface area contributed by atoms with Gasteiger partial charge in [0.25, 0.3) is 5.91 Å². The van der Waals surface area contributed by atoms with Crippen molar-refractivity contribution in [3.05, 3.63) is 42.2 Å². The molecule has 0 aliphatic carbocycles. The molecule has 1 N–H and O–H groups in total. The molecular formula is C18H18N4O3. The molecule has 2 amide bonds. The molecule has 25 heavy (non-hydrogen) atoms. The van der Waals surface area contributed by atoms with Crippen molar-refractivity contribution in [2.24, 2.45) is 0 Å². The fourth-order valence-electron chi connectivity index (χ4n) is 4.42. The van der Waals surface area contributed by atoms with E-state index in [2.05, 4.69) is 9.97 Å². The van der Waals surface area contributed by atoms with E-state index in [1.54, 1.807) is 12.4 Å². The molecule has 0 radical (unpaired) electrons. The first-order valence-electron chi connectivity index (χ1n) is 8.54. The van der Waals surface area contributed by atoms with Gasteiger partial charge >= 0.3 is 0 Å². The molecule has 3 saturated heterocycles. The van der Waals surface area contributed by atoms with E-state index in [9.17, 15) is 9.59 Å². The number of hydrogen-bond donors (Lipinski definition) is 1. The number of ether oxygens (including phenoxy) is 1. The van der Waals surface area contributed by atoms with Crippen LogP contribution < -0.4 is 0 Å². The van der Waals surface area contributed by atoms with E-state index in [0.717, 1.165) is 11.4 Å². The number of hydrogen-bond acceptors (Lipinski definition) is 4. The lowest BCUT2D eigenvalue weighted by molar-refractivity contribution is -0.136. The van der Waals surface area contributed by atoms with Gasteiger partial charge in [-0.25, -0.2) is 4.98 Å². The van der Waals surface area contributed by atoms with Crippen LogP contribution >= 0.6 is 0 Å². The second kappa shape index (κ2) is 5.16. The topological polar surface area (TPSA) is 78.5 Å². The van der Waals surface area contributed by atoms with Crippen molar-refractivity contribution in [1.82, 2.24) is 19.8 Å². The lowest BCUT2D eigenvalue weighted by atomic mass is 10.0. The minimum absolute atomic E-state index is 0.0552. The average Bonchev–Trinajstić information content (AvgIpc) is 3.38. The highest BCUT2D eigenvalue weighted by atomic mass is 16.5. The third-order valence-electron chi connectivity index (χ3n) is 5.54. The van der Waals surface area contributed by atoms with Crippen LogP contribution in [0.25, 0.3) is 11.4 Å². The van der Waals surface area contributed by atoms with Gasteiger partial charge in [-0.3, -0.25) is 9.59 Å². The summed E-state index contributed by atoms with van der Waals surface area (Å²) in [7, 11) is 0.